The second kappa shape index (κ2) is 7.91. The average Bonchev–Trinajstić information content (AvgIpc) is 3.49. The van der Waals surface area contributed by atoms with Crippen molar-refractivity contribution in [2.24, 2.45) is 0 Å². The molecule has 1 aromatic heterocycles. The molecule has 1 aliphatic heterocycles. The Kier molecular flexibility index (Phi) is 5.32. The Morgan fingerprint density at radius 2 is 1.72 bits per heavy atom. The number of benzene rings is 1. The highest BCUT2D eigenvalue weighted by Crippen LogP contribution is 2.46. The second-order valence-corrected chi connectivity index (χ2v) is 8.18. The number of carbonyl (C=O) groups excluding carboxylic acids is 2. The van der Waals surface area contributed by atoms with Crippen LogP contribution in [0.15, 0.2) is 41.3 Å². The fourth-order valence-corrected chi connectivity index (χ4v) is 5.19. The van der Waals surface area contributed by atoms with Crippen LogP contribution >= 0.6 is 11.3 Å². The first kappa shape index (κ1) is 19.5. The molecule has 2 heterocycles. The molecule has 0 bridgehead atoms. The Morgan fingerprint density at radius 3 is 2.28 bits per heavy atom. The monoisotopic (exact) mass is 413 g/mol. The zero-order valence-corrected chi connectivity index (χ0v) is 17.2. The number of methoxy groups -OCH3 is 2. The van der Waals surface area contributed by atoms with Gasteiger partial charge in [0.25, 0.3) is 11.7 Å². The summed E-state index contributed by atoms with van der Waals surface area (Å²) in [7, 11) is 2.97. The third-order valence-electron chi connectivity index (χ3n) is 5.68. The van der Waals surface area contributed by atoms with Crippen molar-refractivity contribution >= 4 is 28.8 Å². The van der Waals surface area contributed by atoms with Crippen LogP contribution in [-0.2, 0) is 9.59 Å². The van der Waals surface area contributed by atoms with Crippen molar-refractivity contribution in [3.8, 4) is 11.5 Å². The number of aliphatic hydroxyl groups is 1. The van der Waals surface area contributed by atoms with Crippen LogP contribution in [0.25, 0.3) is 5.76 Å². The molecule has 2 fully saturated rings. The minimum atomic E-state index is -0.666. The van der Waals surface area contributed by atoms with Crippen LogP contribution < -0.4 is 9.47 Å². The summed E-state index contributed by atoms with van der Waals surface area (Å²) in [6, 6.07) is 8.29. The van der Waals surface area contributed by atoms with Gasteiger partial charge in [0.15, 0.2) is 0 Å². The summed E-state index contributed by atoms with van der Waals surface area (Å²) in [6.45, 7) is 0. The predicted molar refractivity (Wildman–Crippen MR) is 110 cm³/mol. The maximum absolute atomic E-state index is 13.1. The van der Waals surface area contributed by atoms with Gasteiger partial charge in [0.2, 0.25) is 0 Å². The van der Waals surface area contributed by atoms with Gasteiger partial charge in [-0.3, -0.25) is 9.59 Å². The van der Waals surface area contributed by atoms with E-state index in [4.69, 9.17) is 9.47 Å². The number of nitrogens with zero attached hydrogens (tertiary/aromatic N) is 1. The number of thiophene rings is 1. The molecule has 2 aromatic rings. The molecule has 0 radical (unpaired) electrons. The number of aliphatic hydroxyl groups excluding tert-OH is 1. The lowest BCUT2D eigenvalue weighted by molar-refractivity contribution is -0.141. The summed E-state index contributed by atoms with van der Waals surface area (Å²) in [6.07, 6.45) is 3.80. The first-order valence-electron chi connectivity index (χ1n) is 9.63. The molecule has 0 spiro atoms. The van der Waals surface area contributed by atoms with E-state index in [-0.39, 0.29) is 22.9 Å². The van der Waals surface area contributed by atoms with E-state index >= 15 is 0 Å². The Bertz CT molecular complexity index is 937. The highest BCUT2D eigenvalue weighted by atomic mass is 32.1. The molecule has 29 heavy (non-hydrogen) atoms. The molecule has 1 aliphatic carbocycles. The molecule has 152 valence electrons. The van der Waals surface area contributed by atoms with Crippen molar-refractivity contribution in [2.45, 2.75) is 37.8 Å². The molecule has 1 unspecified atom stereocenters. The molecular formula is C22H23NO5S. The normalized spacial score (nSPS) is 21.7. The lowest BCUT2D eigenvalue weighted by atomic mass is 9.98. The number of Topliss-reactive ketones (excluding diaryl/α,β-unsaturated/α-hetero) is 1. The Morgan fingerprint density at radius 1 is 1.07 bits per heavy atom. The van der Waals surface area contributed by atoms with Crippen molar-refractivity contribution in [2.75, 3.05) is 14.2 Å². The Hall–Kier alpha value is -2.80. The van der Waals surface area contributed by atoms with Crippen LogP contribution in [0.2, 0.25) is 0 Å². The zero-order valence-electron chi connectivity index (χ0n) is 16.4. The summed E-state index contributed by atoms with van der Waals surface area (Å²) in [5, 5.41) is 13.2. The summed E-state index contributed by atoms with van der Waals surface area (Å²) in [5.74, 6) is -0.735. The maximum Gasteiger partial charge on any atom is 0.295 e. The Labute approximate surface area is 173 Å². The maximum atomic E-state index is 13.1. The van der Waals surface area contributed by atoms with E-state index < -0.39 is 17.7 Å². The largest absolute Gasteiger partial charge is 0.506 e. The molecule has 4 rings (SSSR count). The summed E-state index contributed by atoms with van der Waals surface area (Å²) in [4.78, 5) is 28.7. The number of ether oxygens (including phenoxy) is 2. The number of hydrogen-bond donors (Lipinski definition) is 1. The fourth-order valence-electron chi connectivity index (χ4n) is 4.35. The average molecular weight is 413 g/mol. The van der Waals surface area contributed by atoms with Gasteiger partial charge in [-0.2, -0.15) is 0 Å². The minimum absolute atomic E-state index is 0.00316. The first-order valence-corrected chi connectivity index (χ1v) is 10.5. The van der Waals surface area contributed by atoms with Crippen molar-refractivity contribution in [3.05, 3.63) is 51.7 Å². The van der Waals surface area contributed by atoms with Gasteiger partial charge in [-0.1, -0.05) is 25.0 Å². The van der Waals surface area contributed by atoms with Crippen LogP contribution in [0, 0.1) is 0 Å². The lowest BCUT2D eigenvalue weighted by Crippen LogP contribution is -2.37. The van der Waals surface area contributed by atoms with Gasteiger partial charge in [0, 0.05) is 10.9 Å². The van der Waals surface area contributed by atoms with Crippen molar-refractivity contribution in [1.82, 2.24) is 4.90 Å². The summed E-state index contributed by atoms with van der Waals surface area (Å²) < 4.78 is 10.8. The number of amides is 1. The van der Waals surface area contributed by atoms with Gasteiger partial charge in [-0.05, 0) is 36.4 Å². The number of rotatable bonds is 5. The topological polar surface area (TPSA) is 76.1 Å². The van der Waals surface area contributed by atoms with Crippen LogP contribution in [0.4, 0.5) is 0 Å². The summed E-state index contributed by atoms with van der Waals surface area (Å²) in [5.41, 5.74) is 0.371. The molecule has 1 amide bonds. The van der Waals surface area contributed by atoms with Crippen LogP contribution in [0.1, 0.15) is 42.2 Å². The molecule has 1 saturated carbocycles. The van der Waals surface area contributed by atoms with Crippen LogP contribution in [0.5, 0.6) is 11.5 Å². The highest BCUT2D eigenvalue weighted by molar-refractivity contribution is 7.10. The predicted octanol–water partition coefficient (Wildman–Crippen LogP) is 4.13. The lowest BCUT2D eigenvalue weighted by Gasteiger charge is -2.29. The molecule has 2 aliphatic rings. The SMILES string of the molecule is COc1cccc(OC)c1/C(O)=C1\C(=O)C(=O)N(C2CCCC2)C1c1cccs1. The molecular weight excluding hydrogens is 390 g/mol. The quantitative estimate of drug-likeness (QED) is 0.453. The number of carbonyl (C=O) groups is 2. The highest BCUT2D eigenvalue weighted by Gasteiger charge is 2.50. The Balaban J connectivity index is 1.93. The van der Waals surface area contributed by atoms with E-state index in [1.54, 1.807) is 23.1 Å². The number of hydrogen-bond acceptors (Lipinski definition) is 6. The molecule has 1 N–H and O–H groups in total. The fraction of sp³-hybridized carbons (Fsp3) is 0.364. The molecule has 1 atom stereocenters. The van der Waals surface area contributed by atoms with Gasteiger partial charge in [0.1, 0.15) is 22.8 Å². The van der Waals surface area contributed by atoms with Crippen LogP contribution in [0.3, 0.4) is 0 Å². The van der Waals surface area contributed by atoms with E-state index in [9.17, 15) is 14.7 Å². The van der Waals surface area contributed by atoms with E-state index in [2.05, 4.69) is 0 Å². The molecule has 7 heteroatoms. The standard InChI is InChI=1S/C22H23NO5S/c1-27-14-9-5-10-15(28-2)17(14)20(24)18-19(16-11-6-12-29-16)23(22(26)21(18)25)13-7-3-4-8-13/h5-6,9-13,19,24H,3-4,7-8H2,1-2H3/b20-18+. The number of likely N-dealkylation sites (tertiary alicyclic amines) is 1. The van der Waals surface area contributed by atoms with Crippen LogP contribution in [-0.4, -0.2) is 42.0 Å². The third-order valence-corrected chi connectivity index (χ3v) is 6.60. The van der Waals surface area contributed by atoms with E-state index in [1.165, 1.54) is 25.6 Å². The molecule has 6 nitrogen and oxygen atoms in total. The van der Waals surface area contributed by atoms with E-state index in [1.807, 2.05) is 17.5 Å². The summed E-state index contributed by atoms with van der Waals surface area (Å²) >= 11 is 1.47. The first-order chi connectivity index (χ1) is 14.1. The van der Waals surface area contributed by atoms with Gasteiger partial charge < -0.3 is 19.5 Å². The van der Waals surface area contributed by atoms with Crippen molar-refractivity contribution in [1.29, 1.82) is 0 Å². The third kappa shape index (κ3) is 3.19. The van der Waals surface area contributed by atoms with Gasteiger partial charge in [-0.15, -0.1) is 11.3 Å². The van der Waals surface area contributed by atoms with Crippen molar-refractivity contribution in [3.63, 3.8) is 0 Å². The van der Waals surface area contributed by atoms with E-state index in [0.29, 0.717) is 11.5 Å². The van der Waals surface area contributed by atoms with Gasteiger partial charge in [0.05, 0.1) is 25.8 Å². The van der Waals surface area contributed by atoms with E-state index in [0.717, 1.165) is 30.6 Å². The van der Waals surface area contributed by atoms with Crippen molar-refractivity contribution < 1.29 is 24.2 Å². The molecule has 1 saturated heterocycles. The van der Waals surface area contributed by atoms with Gasteiger partial charge in [-0.25, -0.2) is 0 Å². The smallest absolute Gasteiger partial charge is 0.295 e. The second-order valence-electron chi connectivity index (χ2n) is 7.20. The number of ketones is 1. The zero-order chi connectivity index (χ0) is 20.5. The minimum Gasteiger partial charge on any atom is -0.506 e. The molecule has 1 aromatic carbocycles. The van der Waals surface area contributed by atoms with Gasteiger partial charge >= 0.3 is 0 Å².